The van der Waals surface area contributed by atoms with Crippen molar-refractivity contribution in [2.24, 2.45) is 0 Å². The molecule has 0 saturated carbocycles. The first-order chi connectivity index (χ1) is 15.2. The molecule has 1 aliphatic heterocycles. The Kier molecular flexibility index (Phi) is 5.61. The van der Waals surface area contributed by atoms with Crippen molar-refractivity contribution in [3.63, 3.8) is 0 Å². The minimum absolute atomic E-state index is 0.310. The number of fused-ring (bicyclic) bond motifs is 3. The van der Waals surface area contributed by atoms with Crippen LogP contribution in [0, 0.1) is 0 Å². The average Bonchev–Trinajstić information content (AvgIpc) is 2.75. The highest BCUT2D eigenvalue weighted by Crippen LogP contribution is 2.44. The number of hydrogen-bond acceptors (Lipinski definition) is 6. The molecule has 0 saturated heterocycles. The normalized spacial score (nSPS) is 14.3. The first-order valence-electron chi connectivity index (χ1n) is 10.2. The van der Waals surface area contributed by atoms with Gasteiger partial charge in [0.15, 0.2) is 6.61 Å². The molecule has 2 aromatic carbocycles. The number of nitrogens with one attached hydrogen (secondary N) is 1. The van der Waals surface area contributed by atoms with E-state index in [1.807, 2.05) is 44.2 Å². The number of carboxylic acid groups (broad SMARTS) is 1. The van der Waals surface area contributed by atoms with Crippen LogP contribution in [0.4, 0.5) is 0 Å². The van der Waals surface area contributed by atoms with Gasteiger partial charge in [-0.3, -0.25) is 9.59 Å². The summed E-state index contributed by atoms with van der Waals surface area (Å²) in [6.07, 6.45) is 1.39. The zero-order valence-corrected chi connectivity index (χ0v) is 17.8. The van der Waals surface area contributed by atoms with Gasteiger partial charge >= 0.3 is 11.6 Å². The molecule has 8 heteroatoms. The van der Waals surface area contributed by atoms with Gasteiger partial charge in [0.2, 0.25) is 0 Å². The lowest BCUT2D eigenvalue weighted by atomic mass is 9.91. The van der Waals surface area contributed by atoms with Crippen LogP contribution in [0.3, 0.4) is 0 Å². The van der Waals surface area contributed by atoms with Crippen molar-refractivity contribution in [1.29, 1.82) is 0 Å². The minimum Gasteiger partial charge on any atom is -0.487 e. The molecule has 0 atom stereocenters. The third-order valence-electron chi connectivity index (χ3n) is 5.29. The molecular weight excluding hydrogens is 414 g/mol. The van der Waals surface area contributed by atoms with Crippen LogP contribution >= 0.6 is 0 Å². The van der Waals surface area contributed by atoms with Gasteiger partial charge in [0.1, 0.15) is 29.2 Å². The van der Waals surface area contributed by atoms with Gasteiger partial charge in [-0.1, -0.05) is 30.3 Å². The maximum atomic E-state index is 12.4. The Morgan fingerprint density at radius 3 is 2.66 bits per heavy atom. The lowest BCUT2D eigenvalue weighted by Crippen LogP contribution is -2.33. The second-order valence-corrected chi connectivity index (χ2v) is 8.22. The Labute approximate surface area is 183 Å². The molecule has 0 unspecified atom stereocenters. The van der Waals surface area contributed by atoms with E-state index in [1.54, 1.807) is 6.07 Å². The number of benzene rings is 2. The SMILES string of the molecule is CC1(C)CCc2c(cc(OCC(=O)NCC(=O)O)c3c(-c4ccccc4)cc(=O)oc23)O1. The van der Waals surface area contributed by atoms with Crippen molar-refractivity contribution in [1.82, 2.24) is 5.32 Å². The summed E-state index contributed by atoms with van der Waals surface area (Å²) in [4.78, 5) is 35.2. The molecular formula is C24H23NO7. The fraction of sp³-hybridized carbons (Fsp3) is 0.292. The van der Waals surface area contributed by atoms with Crippen LogP contribution in [0.25, 0.3) is 22.1 Å². The number of aliphatic carboxylic acids is 1. The van der Waals surface area contributed by atoms with Crippen molar-refractivity contribution in [2.75, 3.05) is 13.2 Å². The lowest BCUT2D eigenvalue weighted by Gasteiger charge is -2.33. The number of ether oxygens (including phenoxy) is 2. The number of carbonyl (C=O) groups excluding carboxylic acids is 1. The second-order valence-electron chi connectivity index (χ2n) is 8.22. The molecule has 166 valence electrons. The first kappa shape index (κ1) is 21.4. The summed E-state index contributed by atoms with van der Waals surface area (Å²) in [7, 11) is 0. The van der Waals surface area contributed by atoms with E-state index >= 15 is 0 Å². The van der Waals surface area contributed by atoms with Gasteiger partial charge in [0.25, 0.3) is 5.91 Å². The minimum atomic E-state index is -1.15. The molecule has 0 fully saturated rings. The van der Waals surface area contributed by atoms with Crippen molar-refractivity contribution in [2.45, 2.75) is 32.3 Å². The number of hydrogen-bond donors (Lipinski definition) is 2. The highest BCUT2D eigenvalue weighted by atomic mass is 16.5. The van der Waals surface area contributed by atoms with Gasteiger partial charge in [-0.2, -0.15) is 0 Å². The van der Waals surface area contributed by atoms with E-state index in [4.69, 9.17) is 19.0 Å². The zero-order chi connectivity index (χ0) is 22.9. The average molecular weight is 437 g/mol. The van der Waals surface area contributed by atoms with Crippen LogP contribution in [0.5, 0.6) is 11.5 Å². The van der Waals surface area contributed by atoms with Crippen LogP contribution < -0.4 is 20.4 Å². The summed E-state index contributed by atoms with van der Waals surface area (Å²) in [5.41, 5.74) is 1.64. The molecule has 2 N–H and O–H groups in total. The predicted octanol–water partition coefficient (Wildman–Crippen LogP) is 3.14. The molecule has 8 nitrogen and oxygen atoms in total. The van der Waals surface area contributed by atoms with Crippen LogP contribution in [-0.4, -0.2) is 35.7 Å². The van der Waals surface area contributed by atoms with Gasteiger partial charge in [0, 0.05) is 23.3 Å². The highest BCUT2D eigenvalue weighted by Gasteiger charge is 2.31. The molecule has 1 aromatic heterocycles. The molecule has 32 heavy (non-hydrogen) atoms. The third kappa shape index (κ3) is 4.44. The molecule has 1 amide bonds. The van der Waals surface area contributed by atoms with Gasteiger partial charge in [-0.05, 0) is 32.3 Å². The molecule has 3 aromatic rings. The summed E-state index contributed by atoms with van der Waals surface area (Å²) < 4.78 is 17.5. The second kappa shape index (κ2) is 8.37. The van der Waals surface area contributed by atoms with E-state index in [1.165, 1.54) is 6.07 Å². The van der Waals surface area contributed by atoms with E-state index in [0.717, 1.165) is 17.5 Å². The smallest absolute Gasteiger partial charge is 0.336 e. The lowest BCUT2D eigenvalue weighted by molar-refractivity contribution is -0.138. The Hall–Kier alpha value is -3.81. The van der Waals surface area contributed by atoms with Crippen LogP contribution in [-0.2, 0) is 16.0 Å². The van der Waals surface area contributed by atoms with Crippen molar-refractivity contribution in [3.8, 4) is 22.6 Å². The molecule has 1 aliphatic rings. The van der Waals surface area contributed by atoms with E-state index in [-0.39, 0.29) is 0 Å². The van der Waals surface area contributed by atoms with Crippen LogP contribution in [0.1, 0.15) is 25.8 Å². The molecule has 0 aliphatic carbocycles. The van der Waals surface area contributed by atoms with Crippen molar-refractivity contribution >= 4 is 22.8 Å². The maximum absolute atomic E-state index is 12.4. The first-order valence-corrected chi connectivity index (χ1v) is 10.2. The number of aryl methyl sites for hydroxylation is 1. The van der Waals surface area contributed by atoms with Gasteiger partial charge in [0.05, 0.1) is 5.39 Å². The Morgan fingerprint density at radius 2 is 1.94 bits per heavy atom. The monoisotopic (exact) mass is 437 g/mol. The Bertz CT molecular complexity index is 1240. The molecule has 2 heterocycles. The van der Waals surface area contributed by atoms with Crippen molar-refractivity contribution in [3.05, 3.63) is 58.4 Å². The summed E-state index contributed by atoms with van der Waals surface area (Å²) in [5, 5.41) is 11.6. The van der Waals surface area contributed by atoms with Gasteiger partial charge < -0.3 is 24.3 Å². The number of rotatable bonds is 6. The highest BCUT2D eigenvalue weighted by molar-refractivity contribution is 6.00. The fourth-order valence-corrected chi connectivity index (χ4v) is 3.77. The number of carbonyl (C=O) groups is 2. The Balaban J connectivity index is 1.86. The molecule has 0 radical (unpaired) electrons. The number of carboxylic acids is 1. The quantitative estimate of drug-likeness (QED) is 0.569. The predicted molar refractivity (Wildman–Crippen MR) is 117 cm³/mol. The van der Waals surface area contributed by atoms with Gasteiger partial charge in [-0.15, -0.1) is 0 Å². The van der Waals surface area contributed by atoms with E-state index in [0.29, 0.717) is 34.5 Å². The molecule has 0 bridgehead atoms. The van der Waals surface area contributed by atoms with Crippen LogP contribution in [0.2, 0.25) is 0 Å². The third-order valence-corrected chi connectivity index (χ3v) is 5.29. The Morgan fingerprint density at radius 1 is 1.19 bits per heavy atom. The summed E-state index contributed by atoms with van der Waals surface area (Å²) in [6, 6.07) is 12.4. The summed E-state index contributed by atoms with van der Waals surface area (Å²) in [5.74, 6) is -0.896. The molecule has 4 rings (SSSR count). The number of amides is 1. The fourth-order valence-electron chi connectivity index (χ4n) is 3.77. The maximum Gasteiger partial charge on any atom is 0.336 e. The van der Waals surface area contributed by atoms with Crippen molar-refractivity contribution < 1.29 is 28.6 Å². The van der Waals surface area contributed by atoms with Gasteiger partial charge in [-0.25, -0.2) is 4.79 Å². The topological polar surface area (TPSA) is 115 Å². The van der Waals surface area contributed by atoms with E-state index < -0.39 is 36.3 Å². The molecule has 0 spiro atoms. The largest absolute Gasteiger partial charge is 0.487 e. The standard InChI is InChI=1S/C24H23NO7/c1-24(2)9-8-15-17(32-24)11-18(30-13-19(26)25-12-20(27)28)22-16(10-21(29)31-23(15)22)14-6-4-3-5-7-14/h3-7,10-11H,8-9,12-13H2,1-2H3,(H,25,26)(H,27,28). The zero-order valence-electron chi connectivity index (χ0n) is 17.8. The van der Waals surface area contributed by atoms with Crippen LogP contribution in [0.15, 0.2) is 51.7 Å². The van der Waals surface area contributed by atoms with E-state index in [2.05, 4.69) is 5.32 Å². The summed E-state index contributed by atoms with van der Waals surface area (Å²) in [6.45, 7) is 3.03. The van der Waals surface area contributed by atoms with E-state index in [9.17, 15) is 14.4 Å². The summed E-state index contributed by atoms with van der Waals surface area (Å²) >= 11 is 0.